The Labute approximate surface area is 123 Å². The topological polar surface area (TPSA) is 47.0 Å². The molecule has 1 aromatic heterocycles. The molecule has 0 amide bonds. The Morgan fingerprint density at radius 1 is 1.42 bits per heavy atom. The fraction of sp³-hybridized carbons (Fsp3) is 0.714. The lowest BCUT2D eigenvalue weighted by Gasteiger charge is -2.40. The van der Waals surface area contributed by atoms with Gasteiger partial charge in [-0.05, 0) is 48.5 Å². The quantitative estimate of drug-likeness (QED) is 0.856. The molecule has 1 unspecified atom stereocenters. The van der Waals surface area contributed by atoms with Crippen molar-refractivity contribution in [3.63, 3.8) is 0 Å². The first-order valence-electron chi connectivity index (χ1n) is 6.98. The molecule has 0 bridgehead atoms. The van der Waals surface area contributed by atoms with Gasteiger partial charge in [0.1, 0.15) is 16.2 Å². The highest BCUT2D eigenvalue weighted by Crippen LogP contribution is 2.32. The average molecular weight is 328 g/mol. The van der Waals surface area contributed by atoms with Gasteiger partial charge in [-0.25, -0.2) is 9.97 Å². The van der Waals surface area contributed by atoms with Gasteiger partial charge >= 0.3 is 0 Å². The van der Waals surface area contributed by atoms with E-state index in [1.54, 1.807) is 0 Å². The summed E-state index contributed by atoms with van der Waals surface area (Å²) in [5.41, 5.74) is 0.0369. The molecule has 19 heavy (non-hydrogen) atoms. The number of hydrogen-bond acceptors (Lipinski definition) is 4. The summed E-state index contributed by atoms with van der Waals surface area (Å²) in [6.07, 6.45) is 4.20. The van der Waals surface area contributed by atoms with Crippen molar-refractivity contribution in [2.24, 2.45) is 0 Å². The van der Waals surface area contributed by atoms with Crippen molar-refractivity contribution >= 4 is 21.7 Å². The summed E-state index contributed by atoms with van der Waals surface area (Å²) in [5, 5.41) is 3.52. The van der Waals surface area contributed by atoms with E-state index in [1.165, 1.54) is 0 Å². The van der Waals surface area contributed by atoms with Crippen molar-refractivity contribution in [1.82, 2.24) is 9.97 Å². The van der Waals surface area contributed by atoms with Gasteiger partial charge in [-0.15, -0.1) is 0 Å². The van der Waals surface area contributed by atoms with Crippen LogP contribution in [0.25, 0.3) is 0 Å². The van der Waals surface area contributed by atoms with Gasteiger partial charge in [0.25, 0.3) is 0 Å². The summed E-state index contributed by atoms with van der Waals surface area (Å²) in [5.74, 6) is 1.67. The number of aryl methyl sites for hydroxylation is 1. The second kappa shape index (κ2) is 6.18. The Kier molecular flexibility index (Phi) is 4.79. The zero-order chi connectivity index (χ0) is 13.9. The van der Waals surface area contributed by atoms with Gasteiger partial charge in [0, 0.05) is 18.7 Å². The number of anilines is 1. The maximum atomic E-state index is 6.00. The molecule has 0 aromatic carbocycles. The predicted molar refractivity (Wildman–Crippen MR) is 80.4 cm³/mol. The molecule has 0 aliphatic carbocycles. The molecule has 5 heteroatoms. The number of hydrogen-bond donors (Lipinski definition) is 1. The highest BCUT2D eigenvalue weighted by Gasteiger charge is 2.34. The average Bonchev–Trinajstić information content (AvgIpc) is 2.37. The van der Waals surface area contributed by atoms with Crippen LogP contribution in [0.5, 0.6) is 0 Å². The molecule has 1 aromatic rings. The fourth-order valence-corrected chi connectivity index (χ4v) is 3.18. The highest BCUT2D eigenvalue weighted by atomic mass is 79.9. The van der Waals surface area contributed by atoms with E-state index in [-0.39, 0.29) is 5.60 Å². The molecule has 4 nitrogen and oxygen atoms in total. The van der Waals surface area contributed by atoms with E-state index in [1.807, 2.05) is 13.0 Å². The molecule has 2 rings (SSSR count). The minimum Gasteiger partial charge on any atom is -0.375 e. The van der Waals surface area contributed by atoms with Crippen LogP contribution in [0.15, 0.2) is 10.7 Å². The zero-order valence-electron chi connectivity index (χ0n) is 11.9. The van der Waals surface area contributed by atoms with E-state index < -0.39 is 0 Å². The molecule has 0 radical (unpaired) electrons. The number of nitrogens with one attached hydrogen (secondary N) is 1. The number of aromatic nitrogens is 2. The van der Waals surface area contributed by atoms with Crippen LogP contribution in [0, 0.1) is 6.92 Å². The summed E-state index contributed by atoms with van der Waals surface area (Å²) in [6, 6.07) is 2.36. The fourth-order valence-electron chi connectivity index (χ4n) is 2.71. The summed E-state index contributed by atoms with van der Waals surface area (Å²) < 4.78 is 6.82. The molecule has 1 aliphatic rings. The normalized spacial score (nSPS) is 22.2. The van der Waals surface area contributed by atoms with Gasteiger partial charge in [-0.3, -0.25) is 0 Å². The Morgan fingerprint density at radius 3 is 2.79 bits per heavy atom. The Balaban J connectivity index is 2.06. The smallest absolute Gasteiger partial charge is 0.131 e. The summed E-state index contributed by atoms with van der Waals surface area (Å²) in [7, 11) is 0. The lowest BCUT2D eigenvalue weighted by atomic mass is 9.86. The first-order valence-corrected chi connectivity index (χ1v) is 7.78. The van der Waals surface area contributed by atoms with Gasteiger partial charge in [-0.1, -0.05) is 13.8 Å². The van der Waals surface area contributed by atoms with E-state index >= 15 is 0 Å². The van der Waals surface area contributed by atoms with Crippen molar-refractivity contribution in [3.8, 4) is 0 Å². The van der Waals surface area contributed by atoms with E-state index in [0.29, 0.717) is 6.04 Å². The van der Waals surface area contributed by atoms with Crippen LogP contribution in [-0.4, -0.2) is 28.2 Å². The Bertz CT molecular complexity index is 414. The maximum absolute atomic E-state index is 6.00. The number of halogens is 1. The maximum Gasteiger partial charge on any atom is 0.131 e. The zero-order valence-corrected chi connectivity index (χ0v) is 13.5. The molecule has 0 spiro atoms. The monoisotopic (exact) mass is 327 g/mol. The largest absolute Gasteiger partial charge is 0.375 e. The summed E-state index contributed by atoms with van der Waals surface area (Å²) in [4.78, 5) is 8.66. The SMILES string of the molecule is CCC1(CC)CC(Nc2cc(Br)nc(C)n2)CCO1. The lowest BCUT2D eigenvalue weighted by Crippen LogP contribution is -2.43. The van der Waals surface area contributed by atoms with Crippen molar-refractivity contribution < 1.29 is 4.74 Å². The minimum absolute atomic E-state index is 0.0369. The number of rotatable bonds is 4. The number of ether oxygens (including phenoxy) is 1. The third-order valence-electron chi connectivity index (χ3n) is 3.94. The van der Waals surface area contributed by atoms with Crippen LogP contribution in [0.4, 0.5) is 5.82 Å². The second-order valence-corrected chi connectivity index (χ2v) is 6.01. The van der Waals surface area contributed by atoms with Crippen LogP contribution in [-0.2, 0) is 4.74 Å². The molecule has 1 atom stereocenters. The van der Waals surface area contributed by atoms with Crippen LogP contribution in [0.2, 0.25) is 0 Å². The molecule has 1 saturated heterocycles. The van der Waals surface area contributed by atoms with Crippen molar-refractivity contribution in [2.75, 3.05) is 11.9 Å². The molecular weight excluding hydrogens is 306 g/mol. The standard InChI is InChI=1S/C14H22BrN3O/c1-4-14(5-2)9-11(6-7-19-14)18-13-8-12(15)16-10(3)17-13/h8,11H,4-7,9H2,1-3H3,(H,16,17,18). The molecule has 106 valence electrons. The van der Waals surface area contributed by atoms with Crippen LogP contribution in [0.1, 0.15) is 45.4 Å². The van der Waals surface area contributed by atoms with Crippen molar-refractivity contribution in [2.45, 2.75) is 58.1 Å². The molecule has 1 N–H and O–H groups in total. The minimum atomic E-state index is 0.0369. The third kappa shape index (κ3) is 3.66. The predicted octanol–water partition coefficient (Wildman–Crippen LogP) is 3.70. The highest BCUT2D eigenvalue weighted by molar-refractivity contribution is 9.10. The number of nitrogens with zero attached hydrogens (tertiary/aromatic N) is 2. The Morgan fingerprint density at radius 2 is 2.16 bits per heavy atom. The molecule has 0 saturated carbocycles. The van der Waals surface area contributed by atoms with Gasteiger partial charge in [-0.2, -0.15) is 0 Å². The van der Waals surface area contributed by atoms with Crippen LogP contribution in [0.3, 0.4) is 0 Å². The van der Waals surface area contributed by atoms with Crippen molar-refractivity contribution in [3.05, 3.63) is 16.5 Å². The molecule has 2 heterocycles. The van der Waals surface area contributed by atoms with Crippen molar-refractivity contribution in [1.29, 1.82) is 0 Å². The first kappa shape index (κ1) is 14.7. The van der Waals surface area contributed by atoms with Gasteiger partial charge in [0.15, 0.2) is 0 Å². The van der Waals surface area contributed by atoms with E-state index in [0.717, 1.165) is 48.5 Å². The Hall–Kier alpha value is -0.680. The van der Waals surface area contributed by atoms with Gasteiger partial charge in [0.05, 0.1) is 5.60 Å². The van der Waals surface area contributed by atoms with E-state index in [9.17, 15) is 0 Å². The van der Waals surface area contributed by atoms with Crippen LogP contribution < -0.4 is 5.32 Å². The second-order valence-electron chi connectivity index (χ2n) is 5.20. The molecular formula is C14H22BrN3O. The van der Waals surface area contributed by atoms with Crippen LogP contribution >= 0.6 is 15.9 Å². The first-order chi connectivity index (χ1) is 9.07. The molecule has 1 aliphatic heterocycles. The van der Waals surface area contributed by atoms with E-state index in [2.05, 4.69) is 45.1 Å². The summed E-state index contributed by atoms with van der Waals surface area (Å²) >= 11 is 3.41. The van der Waals surface area contributed by atoms with Gasteiger partial charge < -0.3 is 10.1 Å². The lowest BCUT2D eigenvalue weighted by molar-refractivity contribution is -0.0864. The molecule has 1 fully saturated rings. The summed E-state index contributed by atoms with van der Waals surface area (Å²) in [6.45, 7) is 7.14. The van der Waals surface area contributed by atoms with E-state index in [4.69, 9.17) is 4.74 Å². The van der Waals surface area contributed by atoms with Gasteiger partial charge in [0.2, 0.25) is 0 Å². The third-order valence-corrected chi connectivity index (χ3v) is 4.35.